The van der Waals surface area contributed by atoms with Gasteiger partial charge in [0.25, 0.3) is 5.91 Å². The highest BCUT2D eigenvalue weighted by atomic mass is 32.2. The highest BCUT2D eigenvalue weighted by Crippen LogP contribution is 2.24. The third-order valence-corrected chi connectivity index (χ3v) is 3.26. The number of H-pyrrole nitrogens is 1. The summed E-state index contributed by atoms with van der Waals surface area (Å²) in [7, 11) is -4.30. The largest absolute Gasteiger partial charge is 0.405 e. The first kappa shape index (κ1) is 16.4. The van der Waals surface area contributed by atoms with Crippen molar-refractivity contribution >= 4 is 15.9 Å². The fraction of sp³-hybridized carbons (Fsp3) is 0.556. The zero-order valence-electron chi connectivity index (χ0n) is 10.6. The number of rotatable bonds is 4. The summed E-state index contributed by atoms with van der Waals surface area (Å²) in [6, 6.07) is 0. The minimum Gasteiger partial charge on any atom is -0.341 e. The van der Waals surface area contributed by atoms with E-state index in [0.29, 0.717) is 0 Å². The first-order chi connectivity index (χ1) is 8.93. The number of nitrogens with one attached hydrogen (secondary N) is 2. The SMILES string of the molecule is CC(C)c1[nH]nc(C(=O)NCC(F)(F)F)c1S(N)(=O)=O. The van der Waals surface area contributed by atoms with Gasteiger partial charge in [0, 0.05) is 0 Å². The maximum atomic E-state index is 12.0. The number of primary sulfonamides is 1. The molecule has 11 heteroatoms. The Morgan fingerprint density at radius 2 is 2.00 bits per heavy atom. The summed E-state index contributed by atoms with van der Waals surface area (Å²) in [5.41, 5.74) is -0.620. The molecule has 1 heterocycles. The van der Waals surface area contributed by atoms with Gasteiger partial charge in [-0.2, -0.15) is 18.3 Å². The van der Waals surface area contributed by atoms with Crippen molar-refractivity contribution in [2.24, 2.45) is 5.14 Å². The Labute approximate surface area is 112 Å². The van der Waals surface area contributed by atoms with Crippen molar-refractivity contribution in [3.8, 4) is 0 Å². The van der Waals surface area contributed by atoms with Crippen LogP contribution in [-0.2, 0) is 10.0 Å². The molecular formula is C9H13F3N4O3S. The average Bonchev–Trinajstić information content (AvgIpc) is 2.68. The van der Waals surface area contributed by atoms with E-state index in [2.05, 4.69) is 10.2 Å². The minimum absolute atomic E-state index is 0.0599. The quantitative estimate of drug-likeness (QED) is 0.748. The first-order valence-electron chi connectivity index (χ1n) is 5.39. The molecule has 0 atom stereocenters. The summed E-state index contributed by atoms with van der Waals surface area (Å²) >= 11 is 0. The standard InChI is InChI=1S/C9H13F3N4O3S/c1-4(2)5-7(20(13,18)19)6(16-15-5)8(17)14-3-9(10,11)12/h4H,3H2,1-2H3,(H,14,17)(H,15,16)(H2,13,18,19). The second-order valence-corrected chi connectivity index (χ2v) is 5.81. The van der Waals surface area contributed by atoms with Gasteiger partial charge < -0.3 is 5.32 Å². The van der Waals surface area contributed by atoms with E-state index in [1.165, 1.54) is 5.32 Å². The second kappa shape index (κ2) is 5.40. The molecule has 0 aliphatic carbocycles. The predicted octanol–water partition coefficient (Wildman–Crippen LogP) is 0.473. The lowest BCUT2D eigenvalue weighted by molar-refractivity contribution is -0.123. The molecule has 0 radical (unpaired) electrons. The smallest absolute Gasteiger partial charge is 0.341 e. The number of halogens is 3. The Hall–Kier alpha value is -1.62. The van der Waals surface area contributed by atoms with Crippen molar-refractivity contribution in [3.63, 3.8) is 0 Å². The van der Waals surface area contributed by atoms with Gasteiger partial charge in [0.05, 0.1) is 5.69 Å². The number of aromatic amines is 1. The number of hydrogen-bond donors (Lipinski definition) is 3. The summed E-state index contributed by atoms with van der Waals surface area (Å²) in [6.45, 7) is 1.62. The van der Waals surface area contributed by atoms with Crippen LogP contribution < -0.4 is 10.5 Å². The Balaban J connectivity index is 3.17. The molecule has 0 saturated carbocycles. The molecule has 4 N–H and O–H groups in total. The summed E-state index contributed by atoms with van der Waals surface area (Å²) in [4.78, 5) is 11.0. The Bertz CT molecular complexity index is 606. The molecular weight excluding hydrogens is 301 g/mol. The van der Waals surface area contributed by atoms with Gasteiger partial charge in [-0.25, -0.2) is 13.6 Å². The normalized spacial score (nSPS) is 12.8. The number of carbonyl (C=O) groups excluding carboxylic acids is 1. The number of nitrogens with two attached hydrogens (primary N) is 1. The number of hydrogen-bond acceptors (Lipinski definition) is 4. The first-order valence-corrected chi connectivity index (χ1v) is 6.94. The minimum atomic E-state index is -4.62. The van der Waals surface area contributed by atoms with Crippen molar-refractivity contribution < 1.29 is 26.4 Å². The lowest BCUT2D eigenvalue weighted by Crippen LogP contribution is -2.35. The molecule has 1 aromatic rings. The van der Waals surface area contributed by atoms with Gasteiger partial charge in [-0.15, -0.1) is 0 Å². The van der Waals surface area contributed by atoms with E-state index in [0.717, 1.165) is 0 Å². The van der Waals surface area contributed by atoms with Crippen LogP contribution in [0, 0.1) is 0 Å². The van der Waals surface area contributed by atoms with Crippen LogP contribution in [0.3, 0.4) is 0 Å². The van der Waals surface area contributed by atoms with Crippen LogP contribution in [0.25, 0.3) is 0 Å². The lowest BCUT2D eigenvalue weighted by atomic mass is 10.1. The zero-order chi connectivity index (χ0) is 15.7. The van der Waals surface area contributed by atoms with Gasteiger partial charge in [0.2, 0.25) is 10.0 Å². The van der Waals surface area contributed by atoms with Gasteiger partial charge in [0.15, 0.2) is 5.69 Å². The molecule has 0 fully saturated rings. The lowest BCUT2D eigenvalue weighted by Gasteiger charge is -2.08. The molecule has 0 unspecified atom stereocenters. The van der Waals surface area contributed by atoms with Crippen molar-refractivity contribution in [2.45, 2.75) is 30.8 Å². The van der Waals surface area contributed by atoms with Crippen LogP contribution in [0.1, 0.15) is 35.9 Å². The van der Waals surface area contributed by atoms with E-state index in [1.54, 1.807) is 13.8 Å². The topological polar surface area (TPSA) is 118 Å². The third kappa shape index (κ3) is 3.93. The van der Waals surface area contributed by atoms with Gasteiger partial charge >= 0.3 is 6.18 Å². The molecule has 1 amide bonds. The highest BCUT2D eigenvalue weighted by molar-refractivity contribution is 7.89. The fourth-order valence-corrected chi connectivity index (χ4v) is 2.44. The third-order valence-electron chi connectivity index (χ3n) is 2.27. The number of aromatic nitrogens is 2. The second-order valence-electron chi connectivity index (χ2n) is 4.31. The number of nitrogens with zero attached hydrogens (tertiary/aromatic N) is 1. The van der Waals surface area contributed by atoms with E-state index in [-0.39, 0.29) is 11.6 Å². The molecule has 7 nitrogen and oxygen atoms in total. The molecule has 0 aliphatic heterocycles. The number of carbonyl (C=O) groups is 1. The van der Waals surface area contributed by atoms with E-state index in [1.807, 2.05) is 0 Å². The molecule has 0 bridgehead atoms. The molecule has 0 aromatic carbocycles. The monoisotopic (exact) mass is 314 g/mol. The fourth-order valence-electron chi connectivity index (χ4n) is 1.44. The molecule has 0 saturated heterocycles. The van der Waals surface area contributed by atoms with E-state index in [9.17, 15) is 26.4 Å². The van der Waals surface area contributed by atoms with E-state index < -0.39 is 39.2 Å². The van der Waals surface area contributed by atoms with Gasteiger partial charge in [-0.05, 0) is 5.92 Å². The summed E-state index contributed by atoms with van der Waals surface area (Å²) < 4.78 is 59.0. The van der Waals surface area contributed by atoms with Crippen molar-refractivity contribution in [2.75, 3.05) is 6.54 Å². The molecule has 0 spiro atoms. The maximum Gasteiger partial charge on any atom is 0.405 e. The summed E-state index contributed by atoms with van der Waals surface area (Å²) in [5.74, 6) is -1.63. The summed E-state index contributed by atoms with van der Waals surface area (Å²) in [6.07, 6.45) is -4.62. The van der Waals surface area contributed by atoms with Gasteiger partial charge in [0.1, 0.15) is 11.4 Å². The molecule has 1 rings (SSSR count). The molecule has 0 aliphatic rings. The van der Waals surface area contributed by atoms with Crippen molar-refractivity contribution in [1.29, 1.82) is 0 Å². The van der Waals surface area contributed by atoms with Crippen LogP contribution in [0.2, 0.25) is 0 Å². The number of amides is 1. The predicted molar refractivity (Wildman–Crippen MR) is 62.4 cm³/mol. The van der Waals surface area contributed by atoms with Crippen LogP contribution in [-0.4, -0.2) is 37.2 Å². The zero-order valence-corrected chi connectivity index (χ0v) is 11.4. The van der Waals surface area contributed by atoms with Gasteiger partial charge in [-0.3, -0.25) is 9.89 Å². The van der Waals surface area contributed by atoms with Crippen LogP contribution >= 0.6 is 0 Å². The van der Waals surface area contributed by atoms with Crippen molar-refractivity contribution in [3.05, 3.63) is 11.4 Å². The van der Waals surface area contributed by atoms with Crippen LogP contribution in [0.4, 0.5) is 13.2 Å². The van der Waals surface area contributed by atoms with Crippen LogP contribution in [0.15, 0.2) is 4.90 Å². The molecule has 1 aromatic heterocycles. The summed E-state index contributed by atoms with van der Waals surface area (Å²) in [5, 5.41) is 12.3. The Morgan fingerprint density at radius 3 is 2.40 bits per heavy atom. The van der Waals surface area contributed by atoms with Gasteiger partial charge in [-0.1, -0.05) is 13.8 Å². The number of alkyl halides is 3. The molecule has 20 heavy (non-hydrogen) atoms. The van der Waals surface area contributed by atoms with E-state index >= 15 is 0 Å². The van der Waals surface area contributed by atoms with Crippen LogP contribution in [0.5, 0.6) is 0 Å². The Morgan fingerprint density at radius 1 is 1.45 bits per heavy atom. The van der Waals surface area contributed by atoms with E-state index in [4.69, 9.17) is 5.14 Å². The highest BCUT2D eigenvalue weighted by Gasteiger charge is 2.32. The maximum absolute atomic E-state index is 12.0. The number of sulfonamides is 1. The molecule has 114 valence electrons. The Kier molecular flexibility index (Phi) is 4.44. The van der Waals surface area contributed by atoms with Crippen molar-refractivity contribution in [1.82, 2.24) is 15.5 Å². The average molecular weight is 314 g/mol.